The molecule has 0 spiro atoms. The van der Waals surface area contributed by atoms with Gasteiger partial charge in [0.05, 0.1) is 41.7 Å². The number of benzene rings is 1. The lowest BCUT2D eigenvalue weighted by atomic mass is 9.91. The number of carbonyl (C=O) groups is 1. The van der Waals surface area contributed by atoms with Gasteiger partial charge in [-0.2, -0.15) is 0 Å². The lowest BCUT2D eigenvalue weighted by Crippen LogP contribution is -2.35. The van der Waals surface area contributed by atoms with Crippen LogP contribution in [0.4, 0.5) is 11.4 Å². The molecule has 0 radical (unpaired) electrons. The van der Waals surface area contributed by atoms with Crippen molar-refractivity contribution in [2.75, 3.05) is 30.8 Å². The molecule has 1 unspecified atom stereocenters. The van der Waals surface area contributed by atoms with Gasteiger partial charge >= 0.3 is 0 Å². The summed E-state index contributed by atoms with van der Waals surface area (Å²) in [7, 11) is 3.97. The van der Waals surface area contributed by atoms with E-state index in [1.807, 2.05) is 61.4 Å². The van der Waals surface area contributed by atoms with Crippen molar-refractivity contribution in [3.05, 3.63) is 72.1 Å². The van der Waals surface area contributed by atoms with Gasteiger partial charge in [0.1, 0.15) is 0 Å². The molecule has 2 heterocycles. The van der Waals surface area contributed by atoms with Gasteiger partial charge in [-0.3, -0.25) is 14.7 Å². The number of hydrogen-bond donors (Lipinski definition) is 2. The molecular weight excluding hydrogens is 388 g/mol. The van der Waals surface area contributed by atoms with Crippen LogP contribution >= 0.6 is 0 Å². The Morgan fingerprint density at radius 2 is 2.03 bits per heavy atom. The third kappa shape index (κ3) is 5.30. The molecule has 0 bridgehead atoms. The number of nitrogens with zero attached hydrogens (tertiary/aromatic N) is 4. The largest absolute Gasteiger partial charge is 0.383 e. The van der Waals surface area contributed by atoms with Crippen LogP contribution in [0.5, 0.6) is 0 Å². The number of aryl methyl sites for hydroxylation is 2. The second-order valence-electron chi connectivity index (χ2n) is 8.17. The molecule has 162 valence electrons. The molecule has 2 N–H and O–H groups in total. The first-order chi connectivity index (χ1) is 15.1. The standard InChI is InChI=1S/C24H30N6O/c1-29-15-19(27-17-29)12-14-25-20-9-3-4-10-21(20)28-23(31)16-30(2)22-11-5-7-18-8-6-13-26-24(18)22/h3-4,6,8-10,13,15,17,22,25H,5,7,11-12,14,16H2,1-2H3,(H,28,31). The molecule has 1 atom stereocenters. The SMILES string of the molecule is CN(CC(=O)Nc1ccccc1NCCc1cn(C)cn1)C1CCCc2cccnc21. The summed E-state index contributed by atoms with van der Waals surface area (Å²) in [5, 5.41) is 6.49. The number of likely N-dealkylation sites (N-methyl/N-ethyl adjacent to an activating group) is 1. The van der Waals surface area contributed by atoms with Crippen molar-refractivity contribution < 1.29 is 4.79 Å². The van der Waals surface area contributed by atoms with Crippen LogP contribution in [0.3, 0.4) is 0 Å². The first-order valence-electron chi connectivity index (χ1n) is 10.8. The zero-order valence-electron chi connectivity index (χ0n) is 18.2. The fraction of sp³-hybridized carbons (Fsp3) is 0.375. The Morgan fingerprint density at radius 3 is 2.84 bits per heavy atom. The van der Waals surface area contributed by atoms with Gasteiger partial charge in [0, 0.05) is 32.4 Å². The third-order valence-corrected chi connectivity index (χ3v) is 5.75. The number of rotatable bonds is 8. The Balaban J connectivity index is 1.34. The number of hydrogen-bond acceptors (Lipinski definition) is 5. The minimum Gasteiger partial charge on any atom is -0.383 e. The maximum Gasteiger partial charge on any atom is 0.238 e. The lowest BCUT2D eigenvalue weighted by Gasteiger charge is -2.31. The summed E-state index contributed by atoms with van der Waals surface area (Å²) in [5.74, 6) is -0.0236. The van der Waals surface area contributed by atoms with E-state index in [0.29, 0.717) is 6.54 Å². The van der Waals surface area contributed by atoms with Gasteiger partial charge in [-0.1, -0.05) is 18.2 Å². The topological polar surface area (TPSA) is 75.1 Å². The smallest absolute Gasteiger partial charge is 0.238 e. The van der Waals surface area contributed by atoms with E-state index in [1.165, 1.54) is 5.56 Å². The number of fused-ring (bicyclic) bond motifs is 1. The van der Waals surface area contributed by atoms with Crippen molar-refractivity contribution in [3.63, 3.8) is 0 Å². The summed E-state index contributed by atoms with van der Waals surface area (Å²) in [6.07, 6.45) is 9.71. The highest BCUT2D eigenvalue weighted by Gasteiger charge is 2.26. The van der Waals surface area contributed by atoms with E-state index in [0.717, 1.165) is 55.0 Å². The molecular formula is C24H30N6O. The highest BCUT2D eigenvalue weighted by atomic mass is 16.2. The zero-order chi connectivity index (χ0) is 21.6. The van der Waals surface area contributed by atoms with E-state index < -0.39 is 0 Å². The molecule has 1 aliphatic carbocycles. The van der Waals surface area contributed by atoms with Gasteiger partial charge in [-0.25, -0.2) is 4.98 Å². The van der Waals surface area contributed by atoms with E-state index in [1.54, 1.807) is 6.33 Å². The summed E-state index contributed by atoms with van der Waals surface area (Å²) in [5.41, 5.74) is 5.16. The van der Waals surface area contributed by atoms with E-state index in [4.69, 9.17) is 0 Å². The van der Waals surface area contributed by atoms with E-state index in [9.17, 15) is 4.79 Å². The molecule has 7 heteroatoms. The third-order valence-electron chi connectivity index (χ3n) is 5.75. The number of aromatic nitrogens is 3. The van der Waals surface area contributed by atoms with Crippen molar-refractivity contribution in [2.45, 2.75) is 31.7 Å². The first kappa shape index (κ1) is 21.1. The first-order valence-corrected chi connectivity index (χ1v) is 10.8. The van der Waals surface area contributed by atoms with Gasteiger partial charge in [-0.05, 0) is 50.1 Å². The number of anilines is 2. The van der Waals surface area contributed by atoms with E-state index in [-0.39, 0.29) is 11.9 Å². The van der Waals surface area contributed by atoms with Crippen LogP contribution < -0.4 is 10.6 Å². The number of imidazole rings is 1. The summed E-state index contributed by atoms with van der Waals surface area (Å²) in [6.45, 7) is 1.07. The van der Waals surface area contributed by atoms with Crippen LogP contribution in [-0.4, -0.2) is 45.5 Å². The molecule has 2 aromatic heterocycles. The summed E-state index contributed by atoms with van der Waals surface area (Å²) < 4.78 is 1.94. The summed E-state index contributed by atoms with van der Waals surface area (Å²) in [4.78, 5) is 23.9. The second kappa shape index (κ2) is 9.75. The molecule has 0 saturated heterocycles. The number of carbonyl (C=O) groups excluding carboxylic acids is 1. The van der Waals surface area contributed by atoms with Crippen LogP contribution in [0.2, 0.25) is 0 Å². The molecule has 1 aliphatic rings. The van der Waals surface area contributed by atoms with E-state index in [2.05, 4.69) is 31.6 Å². The second-order valence-corrected chi connectivity index (χ2v) is 8.17. The van der Waals surface area contributed by atoms with Crippen molar-refractivity contribution >= 4 is 17.3 Å². The van der Waals surface area contributed by atoms with Gasteiger partial charge in [0.2, 0.25) is 5.91 Å². The average Bonchev–Trinajstić information content (AvgIpc) is 3.19. The molecule has 1 aromatic carbocycles. The Labute approximate surface area is 183 Å². The van der Waals surface area contributed by atoms with Gasteiger partial charge in [0.25, 0.3) is 0 Å². The lowest BCUT2D eigenvalue weighted by molar-refractivity contribution is -0.117. The molecule has 31 heavy (non-hydrogen) atoms. The van der Waals surface area contributed by atoms with Gasteiger partial charge in [-0.15, -0.1) is 0 Å². The maximum atomic E-state index is 12.8. The van der Waals surface area contributed by atoms with Crippen LogP contribution in [0.1, 0.15) is 35.8 Å². The predicted molar refractivity (Wildman–Crippen MR) is 123 cm³/mol. The van der Waals surface area contributed by atoms with Crippen molar-refractivity contribution in [2.24, 2.45) is 7.05 Å². The highest BCUT2D eigenvalue weighted by molar-refractivity contribution is 5.95. The summed E-state index contributed by atoms with van der Waals surface area (Å²) in [6, 6.07) is 12.1. The van der Waals surface area contributed by atoms with Crippen LogP contribution in [0, 0.1) is 0 Å². The zero-order valence-corrected chi connectivity index (χ0v) is 18.2. The van der Waals surface area contributed by atoms with Gasteiger partial charge in [0.15, 0.2) is 0 Å². The van der Waals surface area contributed by atoms with Crippen molar-refractivity contribution in [1.82, 2.24) is 19.4 Å². The van der Waals surface area contributed by atoms with E-state index >= 15 is 0 Å². The fourth-order valence-electron chi connectivity index (χ4n) is 4.21. The molecule has 0 fully saturated rings. The fourth-order valence-corrected chi connectivity index (χ4v) is 4.21. The van der Waals surface area contributed by atoms with Crippen molar-refractivity contribution in [1.29, 1.82) is 0 Å². The minimum absolute atomic E-state index is 0.0236. The minimum atomic E-state index is -0.0236. The Morgan fingerprint density at radius 1 is 1.19 bits per heavy atom. The molecule has 0 saturated carbocycles. The highest BCUT2D eigenvalue weighted by Crippen LogP contribution is 2.31. The number of pyridine rings is 1. The normalized spacial score (nSPS) is 15.5. The van der Waals surface area contributed by atoms with Gasteiger partial charge < -0.3 is 15.2 Å². The Kier molecular flexibility index (Phi) is 6.62. The molecule has 7 nitrogen and oxygen atoms in total. The van der Waals surface area contributed by atoms with Crippen LogP contribution in [0.25, 0.3) is 0 Å². The number of nitrogens with one attached hydrogen (secondary N) is 2. The molecule has 0 aliphatic heterocycles. The quantitative estimate of drug-likeness (QED) is 0.586. The molecule has 3 aromatic rings. The van der Waals surface area contributed by atoms with Crippen LogP contribution in [0.15, 0.2) is 55.1 Å². The number of para-hydroxylation sites is 2. The maximum absolute atomic E-state index is 12.8. The molecule has 1 amide bonds. The van der Waals surface area contributed by atoms with Crippen LogP contribution in [-0.2, 0) is 24.7 Å². The monoisotopic (exact) mass is 418 g/mol. The summed E-state index contributed by atoms with van der Waals surface area (Å²) >= 11 is 0. The average molecular weight is 419 g/mol. The molecule has 4 rings (SSSR count). The Hall–Kier alpha value is -3.19. The predicted octanol–water partition coefficient (Wildman–Crippen LogP) is 3.42. The number of amides is 1. The Bertz CT molecular complexity index is 1030. The van der Waals surface area contributed by atoms with Crippen molar-refractivity contribution in [3.8, 4) is 0 Å².